The molecule has 2 aliphatic heterocycles. The van der Waals surface area contributed by atoms with Gasteiger partial charge in [0.15, 0.2) is 0 Å². The van der Waals surface area contributed by atoms with Gasteiger partial charge >= 0.3 is 0 Å². The van der Waals surface area contributed by atoms with Crippen LogP contribution in [0.4, 0.5) is 4.39 Å². The highest BCUT2D eigenvalue weighted by Crippen LogP contribution is 2.52. The molecule has 2 amide bonds. The fourth-order valence-electron chi connectivity index (χ4n) is 6.82. The fourth-order valence-corrected chi connectivity index (χ4v) is 6.82. The molecule has 2 aromatic carbocycles. The molecule has 3 atom stereocenters. The van der Waals surface area contributed by atoms with Crippen molar-refractivity contribution in [2.75, 3.05) is 33.2 Å². The largest absolute Gasteiger partial charge is 0.359 e. The highest BCUT2D eigenvalue weighted by molar-refractivity contribution is 5.85. The van der Waals surface area contributed by atoms with Crippen molar-refractivity contribution >= 4 is 11.8 Å². The molecule has 0 unspecified atom stereocenters. The molecule has 6 heteroatoms. The van der Waals surface area contributed by atoms with Crippen LogP contribution in [0.15, 0.2) is 48.5 Å². The number of nitrogens with zero attached hydrogens (tertiary/aromatic N) is 2. The molecular weight excluding hydrogens is 453 g/mol. The standard InChI is InChI=1S/C30H38FN3O2/c1-29(2,3)34-18-24(20-9-11-21(31)12-10-20)25(19-34)28(36)33-15-13-30(14-16-33)17-23(27(35)32-4)22-7-5-6-8-26(22)30/h5-12,23-25H,13-19H2,1-4H3,(H,32,35)/t23-,24+,25-/m1/s1. The van der Waals surface area contributed by atoms with Gasteiger partial charge in [-0.25, -0.2) is 4.39 Å². The first-order chi connectivity index (χ1) is 17.1. The third-order valence-corrected chi connectivity index (χ3v) is 8.98. The average Bonchev–Trinajstić information content (AvgIpc) is 3.45. The van der Waals surface area contributed by atoms with E-state index >= 15 is 0 Å². The van der Waals surface area contributed by atoms with E-state index in [1.54, 1.807) is 7.05 Å². The number of nitrogens with one attached hydrogen (secondary N) is 1. The summed E-state index contributed by atoms with van der Waals surface area (Å²) in [6, 6.07) is 15.0. The first-order valence-corrected chi connectivity index (χ1v) is 13.2. The predicted molar refractivity (Wildman–Crippen MR) is 139 cm³/mol. The van der Waals surface area contributed by atoms with Crippen LogP contribution in [0.25, 0.3) is 0 Å². The molecule has 2 fully saturated rings. The molecule has 0 radical (unpaired) electrons. The summed E-state index contributed by atoms with van der Waals surface area (Å²) < 4.78 is 13.6. The van der Waals surface area contributed by atoms with Crippen molar-refractivity contribution in [3.05, 3.63) is 71.0 Å². The maximum atomic E-state index is 14.0. The monoisotopic (exact) mass is 491 g/mol. The minimum Gasteiger partial charge on any atom is -0.359 e. The van der Waals surface area contributed by atoms with Gasteiger partial charge in [0, 0.05) is 50.1 Å². The SMILES string of the molecule is CNC(=O)[C@@H]1CC2(CCN(C(=O)[C@@H]3CN(C(C)(C)C)C[C@H]3c3ccc(F)cc3)CC2)c2ccccc21. The average molecular weight is 492 g/mol. The van der Waals surface area contributed by atoms with E-state index in [0.29, 0.717) is 19.6 Å². The van der Waals surface area contributed by atoms with Crippen LogP contribution in [-0.4, -0.2) is 60.4 Å². The fraction of sp³-hybridized carbons (Fsp3) is 0.533. The van der Waals surface area contributed by atoms with Crippen LogP contribution < -0.4 is 5.32 Å². The van der Waals surface area contributed by atoms with Crippen molar-refractivity contribution in [3.8, 4) is 0 Å². The number of rotatable bonds is 3. The Morgan fingerprint density at radius 3 is 2.31 bits per heavy atom. The van der Waals surface area contributed by atoms with E-state index in [0.717, 1.165) is 36.9 Å². The molecule has 1 aliphatic carbocycles. The third-order valence-electron chi connectivity index (χ3n) is 8.98. The van der Waals surface area contributed by atoms with Crippen LogP contribution in [0, 0.1) is 11.7 Å². The number of carbonyl (C=O) groups excluding carboxylic acids is 2. The quantitative estimate of drug-likeness (QED) is 0.691. The zero-order chi connectivity index (χ0) is 25.7. The van der Waals surface area contributed by atoms with Crippen molar-refractivity contribution in [1.29, 1.82) is 0 Å². The van der Waals surface area contributed by atoms with Crippen molar-refractivity contribution in [3.63, 3.8) is 0 Å². The lowest BCUT2D eigenvalue weighted by molar-refractivity contribution is -0.137. The molecule has 2 saturated heterocycles. The summed E-state index contributed by atoms with van der Waals surface area (Å²) in [6.45, 7) is 9.48. The molecule has 192 valence electrons. The van der Waals surface area contributed by atoms with Gasteiger partial charge in [-0.3, -0.25) is 14.5 Å². The van der Waals surface area contributed by atoms with Gasteiger partial charge in [-0.2, -0.15) is 0 Å². The van der Waals surface area contributed by atoms with Gasteiger partial charge in [-0.15, -0.1) is 0 Å². The number of carbonyl (C=O) groups is 2. The van der Waals surface area contributed by atoms with Crippen LogP contribution in [0.1, 0.15) is 68.6 Å². The van der Waals surface area contributed by atoms with Crippen molar-refractivity contribution < 1.29 is 14.0 Å². The Labute approximate surface area is 214 Å². The van der Waals surface area contributed by atoms with Gasteiger partial charge in [0.25, 0.3) is 0 Å². The van der Waals surface area contributed by atoms with Crippen LogP contribution >= 0.6 is 0 Å². The first kappa shape index (κ1) is 24.9. The zero-order valence-electron chi connectivity index (χ0n) is 21.9. The molecule has 3 aliphatic rings. The molecule has 2 heterocycles. The van der Waals surface area contributed by atoms with Crippen LogP contribution in [0.2, 0.25) is 0 Å². The van der Waals surface area contributed by atoms with E-state index in [-0.39, 0.29) is 46.3 Å². The molecule has 5 nitrogen and oxygen atoms in total. The Morgan fingerprint density at radius 1 is 1.00 bits per heavy atom. The topological polar surface area (TPSA) is 52.7 Å². The molecule has 2 aromatic rings. The molecule has 5 rings (SSSR count). The summed E-state index contributed by atoms with van der Waals surface area (Å²) in [5.74, 6) is -0.170. The minimum atomic E-state index is -0.250. The van der Waals surface area contributed by atoms with Gasteiger partial charge in [0.1, 0.15) is 5.82 Å². The number of likely N-dealkylation sites (tertiary alicyclic amines) is 2. The summed E-state index contributed by atoms with van der Waals surface area (Å²) >= 11 is 0. The van der Waals surface area contributed by atoms with E-state index < -0.39 is 0 Å². The second kappa shape index (κ2) is 9.29. The highest BCUT2D eigenvalue weighted by atomic mass is 19.1. The summed E-state index contributed by atoms with van der Waals surface area (Å²) in [4.78, 5) is 31.0. The zero-order valence-corrected chi connectivity index (χ0v) is 21.9. The number of amides is 2. The predicted octanol–water partition coefficient (Wildman–Crippen LogP) is 4.43. The molecule has 36 heavy (non-hydrogen) atoms. The number of hydrogen-bond acceptors (Lipinski definition) is 3. The van der Waals surface area contributed by atoms with Gasteiger partial charge in [0.05, 0.1) is 11.8 Å². The van der Waals surface area contributed by atoms with E-state index in [1.807, 2.05) is 18.2 Å². The second-order valence-corrected chi connectivity index (χ2v) is 11.9. The Kier molecular flexibility index (Phi) is 6.44. The van der Waals surface area contributed by atoms with Gasteiger partial charge in [-0.05, 0) is 68.9 Å². The smallest absolute Gasteiger partial charge is 0.227 e. The molecule has 0 bridgehead atoms. The van der Waals surface area contributed by atoms with Crippen molar-refractivity contribution in [1.82, 2.24) is 15.1 Å². The van der Waals surface area contributed by atoms with E-state index in [1.165, 1.54) is 17.7 Å². The molecular formula is C30H38FN3O2. The van der Waals surface area contributed by atoms with Gasteiger partial charge in [-0.1, -0.05) is 36.4 Å². The molecule has 1 N–H and O–H groups in total. The lowest BCUT2D eigenvalue weighted by Crippen LogP contribution is -2.48. The maximum absolute atomic E-state index is 14.0. The highest BCUT2D eigenvalue weighted by Gasteiger charge is 2.49. The normalized spacial score (nSPS) is 25.7. The van der Waals surface area contributed by atoms with E-state index in [4.69, 9.17) is 0 Å². The van der Waals surface area contributed by atoms with Crippen LogP contribution in [0.3, 0.4) is 0 Å². The number of piperidine rings is 1. The Bertz CT molecular complexity index is 1130. The van der Waals surface area contributed by atoms with E-state index in [2.05, 4.69) is 54.1 Å². The van der Waals surface area contributed by atoms with Crippen LogP contribution in [0.5, 0.6) is 0 Å². The number of halogens is 1. The lowest BCUT2D eigenvalue weighted by atomic mass is 9.73. The van der Waals surface area contributed by atoms with Gasteiger partial charge in [0.2, 0.25) is 11.8 Å². The molecule has 1 spiro atoms. The Balaban J connectivity index is 1.35. The summed E-state index contributed by atoms with van der Waals surface area (Å²) in [7, 11) is 1.71. The van der Waals surface area contributed by atoms with Crippen molar-refractivity contribution in [2.24, 2.45) is 5.92 Å². The number of fused-ring (bicyclic) bond motifs is 2. The number of hydrogen-bond donors (Lipinski definition) is 1. The second-order valence-electron chi connectivity index (χ2n) is 11.9. The minimum absolute atomic E-state index is 0.0400. The summed E-state index contributed by atoms with van der Waals surface area (Å²) in [5.41, 5.74) is 3.38. The lowest BCUT2D eigenvalue weighted by Gasteiger charge is -2.41. The van der Waals surface area contributed by atoms with Crippen LogP contribution in [-0.2, 0) is 15.0 Å². The number of benzene rings is 2. The summed E-state index contributed by atoms with van der Waals surface area (Å²) in [5, 5.41) is 2.84. The Morgan fingerprint density at radius 2 is 1.67 bits per heavy atom. The van der Waals surface area contributed by atoms with E-state index in [9.17, 15) is 14.0 Å². The maximum Gasteiger partial charge on any atom is 0.227 e. The Hall–Kier alpha value is -2.73. The number of likely N-dealkylation sites (N-methyl/N-ethyl adjacent to an activating group) is 1. The van der Waals surface area contributed by atoms with Crippen molar-refractivity contribution in [2.45, 2.75) is 62.8 Å². The first-order valence-electron chi connectivity index (χ1n) is 13.2. The van der Waals surface area contributed by atoms with Gasteiger partial charge < -0.3 is 10.2 Å². The summed E-state index contributed by atoms with van der Waals surface area (Å²) in [6.07, 6.45) is 2.56. The third kappa shape index (κ3) is 4.34. The molecule has 0 aromatic heterocycles. The molecule has 0 saturated carbocycles.